The van der Waals surface area contributed by atoms with Crippen molar-refractivity contribution < 1.29 is 9.53 Å². The molecule has 0 bridgehead atoms. The summed E-state index contributed by atoms with van der Waals surface area (Å²) >= 11 is 1.42. The van der Waals surface area contributed by atoms with Crippen molar-refractivity contribution in [3.63, 3.8) is 0 Å². The van der Waals surface area contributed by atoms with Crippen LogP contribution in [0.2, 0.25) is 0 Å². The summed E-state index contributed by atoms with van der Waals surface area (Å²) in [5, 5.41) is 13.5. The number of carbonyl (C=O) groups is 1. The Morgan fingerprint density at radius 3 is 2.85 bits per heavy atom. The average Bonchev–Trinajstić information content (AvgIpc) is 3.34. The van der Waals surface area contributed by atoms with E-state index in [0.717, 1.165) is 22.0 Å². The molecule has 7 nitrogen and oxygen atoms in total. The first-order valence-electron chi connectivity index (χ1n) is 7.91. The predicted molar refractivity (Wildman–Crippen MR) is 98.3 cm³/mol. The van der Waals surface area contributed by atoms with Crippen molar-refractivity contribution in [3.8, 4) is 16.3 Å². The van der Waals surface area contributed by atoms with Crippen LogP contribution < -0.4 is 10.1 Å². The van der Waals surface area contributed by atoms with Crippen LogP contribution in [0, 0.1) is 0 Å². The number of methoxy groups -OCH3 is 1. The quantitative estimate of drug-likeness (QED) is 0.588. The maximum Gasteiger partial charge on any atom is 0.271 e. The Morgan fingerprint density at radius 1 is 1.19 bits per heavy atom. The number of thiazole rings is 1. The first-order valence-corrected chi connectivity index (χ1v) is 8.79. The first kappa shape index (κ1) is 16.2. The highest BCUT2D eigenvalue weighted by molar-refractivity contribution is 7.13. The van der Waals surface area contributed by atoms with Crippen molar-refractivity contribution in [2.75, 3.05) is 7.11 Å². The van der Waals surface area contributed by atoms with Gasteiger partial charge in [0, 0.05) is 17.1 Å². The average molecular weight is 365 g/mol. The van der Waals surface area contributed by atoms with Gasteiger partial charge in [0.1, 0.15) is 16.5 Å². The third-order valence-electron chi connectivity index (χ3n) is 3.87. The number of hydrogen-bond donors (Lipinski definition) is 1. The monoisotopic (exact) mass is 365 g/mol. The lowest BCUT2D eigenvalue weighted by atomic mass is 10.2. The molecule has 1 amide bonds. The summed E-state index contributed by atoms with van der Waals surface area (Å²) in [6.45, 7) is 0.277. The Hall–Kier alpha value is -3.26. The zero-order valence-electron chi connectivity index (χ0n) is 13.9. The van der Waals surface area contributed by atoms with Crippen LogP contribution in [0.1, 0.15) is 16.3 Å². The molecule has 0 unspecified atom stereocenters. The Kier molecular flexibility index (Phi) is 4.32. The predicted octanol–water partition coefficient (Wildman–Crippen LogP) is 2.79. The van der Waals surface area contributed by atoms with Gasteiger partial charge in [-0.1, -0.05) is 6.07 Å². The highest BCUT2D eigenvalue weighted by atomic mass is 32.1. The number of rotatable bonds is 5. The minimum atomic E-state index is -0.242. The molecule has 0 saturated carbocycles. The molecule has 1 aromatic carbocycles. The lowest BCUT2D eigenvalue weighted by Gasteiger charge is -2.02. The van der Waals surface area contributed by atoms with Gasteiger partial charge in [-0.2, -0.15) is 0 Å². The largest absolute Gasteiger partial charge is 0.497 e. The van der Waals surface area contributed by atoms with Gasteiger partial charge in [0.25, 0.3) is 5.91 Å². The van der Waals surface area contributed by atoms with Crippen molar-refractivity contribution in [1.29, 1.82) is 0 Å². The molecular weight excluding hydrogens is 350 g/mol. The summed E-state index contributed by atoms with van der Waals surface area (Å²) in [7, 11) is 1.62. The van der Waals surface area contributed by atoms with E-state index in [9.17, 15) is 4.79 Å². The number of pyridine rings is 1. The second-order valence-corrected chi connectivity index (χ2v) is 6.35. The Labute approximate surface area is 153 Å². The van der Waals surface area contributed by atoms with Crippen molar-refractivity contribution in [2.45, 2.75) is 6.54 Å². The molecular formula is C18H15N5O2S. The molecule has 0 spiro atoms. The molecule has 4 rings (SSSR count). The highest BCUT2D eigenvalue weighted by Gasteiger charge is 2.13. The van der Waals surface area contributed by atoms with Crippen LogP contribution in [0.25, 0.3) is 16.2 Å². The van der Waals surface area contributed by atoms with Gasteiger partial charge in [-0.25, -0.2) is 4.98 Å². The molecule has 0 atom stereocenters. The summed E-state index contributed by atoms with van der Waals surface area (Å²) < 4.78 is 6.99. The zero-order chi connectivity index (χ0) is 17.9. The molecule has 8 heteroatoms. The van der Waals surface area contributed by atoms with Crippen molar-refractivity contribution in [1.82, 2.24) is 24.9 Å². The first-order chi connectivity index (χ1) is 12.7. The van der Waals surface area contributed by atoms with Crippen LogP contribution in [-0.2, 0) is 6.54 Å². The van der Waals surface area contributed by atoms with Crippen LogP contribution in [0.15, 0.2) is 54.0 Å². The van der Waals surface area contributed by atoms with E-state index in [1.807, 2.05) is 53.1 Å². The number of fused-ring (bicyclic) bond motifs is 1. The lowest BCUT2D eigenvalue weighted by Crippen LogP contribution is -2.24. The van der Waals surface area contributed by atoms with E-state index >= 15 is 0 Å². The molecule has 0 radical (unpaired) electrons. The third-order valence-corrected chi connectivity index (χ3v) is 4.76. The maximum absolute atomic E-state index is 12.4. The maximum atomic E-state index is 12.4. The number of amides is 1. The van der Waals surface area contributed by atoms with Gasteiger partial charge < -0.3 is 10.1 Å². The Bertz CT molecular complexity index is 1050. The van der Waals surface area contributed by atoms with Crippen molar-refractivity contribution >= 4 is 22.9 Å². The molecule has 0 aliphatic heterocycles. The summed E-state index contributed by atoms with van der Waals surface area (Å²) in [5.41, 5.74) is 2.07. The van der Waals surface area contributed by atoms with Crippen LogP contribution >= 0.6 is 11.3 Å². The van der Waals surface area contributed by atoms with E-state index in [0.29, 0.717) is 11.5 Å². The number of nitrogens with one attached hydrogen (secondary N) is 1. The lowest BCUT2D eigenvalue weighted by molar-refractivity contribution is 0.0945. The molecule has 130 valence electrons. The van der Waals surface area contributed by atoms with Gasteiger partial charge in [0.05, 0.1) is 13.7 Å². The number of ether oxygens (including phenoxy) is 1. The number of benzene rings is 1. The fourth-order valence-electron chi connectivity index (χ4n) is 2.51. The minimum Gasteiger partial charge on any atom is -0.497 e. The van der Waals surface area contributed by atoms with Crippen molar-refractivity contribution in [2.24, 2.45) is 0 Å². The number of carbonyl (C=O) groups excluding carboxylic acids is 1. The van der Waals surface area contributed by atoms with E-state index in [-0.39, 0.29) is 12.5 Å². The van der Waals surface area contributed by atoms with Crippen LogP contribution in [0.4, 0.5) is 0 Å². The van der Waals surface area contributed by atoms with E-state index in [2.05, 4.69) is 20.5 Å². The van der Waals surface area contributed by atoms with E-state index < -0.39 is 0 Å². The molecule has 0 saturated heterocycles. The fraction of sp³-hybridized carbons (Fsp3) is 0.111. The molecule has 26 heavy (non-hydrogen) atoms. The van der Waals surface area contributed by atoms with Crippen LogP contribution in [0.3, 0.4) is 0 Å². The van der Waals surface area contributed by atoms with Gasteiger partial charge in [-0.3, -0.25) is 9.20 Å². The molecule has 4 aromatic rings. The van der Waals surface area contributed by atoms with Gasteiger partial charge in [0.15, 0.2) is 11.5 Å². The smallest absolute Gasteiger partial charge is 0.271 e. The number of hydrogen-bond acceptors (Lipinski definition) is 6. The second kappa shape index (κ2) is 6.93. The van der Waals surface area contributed by atoms with Crippen LogP contribution in [-0.4, -0.2) is 32.6 Å². The highest BCUT2D eigenvalue weighted by Crippen LogP contribution is 2.25. The topological polar surface area (TPSA) is 81.4 Å². The summed E-state index contributed by atoms with van der Waals surface area (Å²) in [6.07, 6.45) is 1.86. The molecule has 3 aromatic heterocycles. The molecule has 1 N–H and O–H groups in total. The van der Waals surface area contributed by atoms with E-state index in [1.54, 1.807) is 12.5 Å². The zero-order valence-corrected chi connectivity index (χ0v) is 14.7. The van der Waals surface area contributed by atoms with E-state index in [1.165, 1.54) is 11.3 Å². The summed E-state index contributed by atoms with van der Waals surface area (Å²) in [6, 6.07) is 13.2. The molecule has 0 aliphatic rings. The van der Waals surface area contributed by atoms with Gasteiger partial charge in [-0.05, 0) is 36.4 Å². The summed E-state index contributed by atoms with van der Waals surface area (Å²) in [4.78, 5) is 16.8. The van der Waals surface area contributed by atoms with Crippen LogP contribution in [0.5, 0.6) is 5.75 Å². The third kappa shape index (κ3) is 3.14. The van der Waals surface area contributed by atoms with Crippen molar-refractivity contribution in [3.05, 3.63) is 65.6 Å². The van der Waals surface area contributed by atoms with Gasteiger partial charge in [0.2, 0.25) is 0 Å². The minimum absolute atomic E-state index is 0.242. The fourth-order valence-corrected chi connectivity index (χ4v) is 3.31. The summed E-state index contributed by atoms with van der Waals surface area (Å²) in [5.74, 6) is 1.21. The standard InChI is InChI=1S/C18H15N5O2S/c1-25-13-7-5-12(6-8-13)18-20-14(11-26-18)17(24)19-10-16-22-21-15-4-2-3-9-23(15)16/h2-9,11H,10H2,1H3,(H,19,24). The molecule has 3 heterocycles. The normalized spacial score (nSPS) is 10.8. The Balaban J connectivity index is 1.46. The number of nitrogens with zero attached hydrogens (tertiary/aromatic N) is 4. The van der Waals surface area contributed by atoms with Gasteiger partial charge in [-0.15, -0.1) is 21.5 Å². The Morgan fingerprint density at radius 2 is 2.04 bits per heavy atom. The SMILES string of the molecule is COc1ccc(-c2nc(C(=O)NCc3nnc4ccccn34)cs2)cc1. The second-order valence-electron chi connectivity index (χ2n) is 5.49. The van der Waals surface area contributed by atoms with Gasteiger partial charge >= 0.3 is 0 Å². The molecule has 0 fully saturated rings. The molecule has 0 aliphatic carbocycles. The number of aromatic nitrogens is 4. The van der Waals surface area contributed by atoms with E-state index in [4.69, 9.17) is 4.74 Å².